The first kappa shape index (κ1) is 14.8. The first-order valence-electron chi connectivity index (χ1n) is 6.94. The van der Waals surface area contributed by atoms with Gasteiger partial charge in [-0.25, -0.2) is 0 Å². The van der Waals surface area contributed by atoms with Gasteiger partial charge in [0.25, 0.3) is 5.91 Å². The molecule has 2 aromatic rings. The Morgan fingerprint density at radius 2 is 1.90 bits per heavy atom. The molecule has 2 rings (SSSR count). The summed E-state index contributed by atoms with van der Waals surface area (Å²) in [5.41, 5.74) is 6.07. The highest BCUT2D eigenvalue weighted by Crippen LogP contribution is 2.18. The normalized spacial score (nSPS) is 11.5. The molecule has 0 bridgehead atoms. The van der Waals surface area contributed by atoms with Gasteiger partial charge in [-0.2, -0.15) is 0 Å². The van der Waals surface area contributed by atoms with Crippen molar-refractivity contribution in [2.75, 3.05) is 6.54 Å². The number of carbonyl (C=O) groups is 1. The number of benzene rings is 2. The lowest BCUT2D eigenvalue weighted by atomic mass is 10.0. The summed E-state index contributed by atoms with van der Waals surface area (Å²) < 4.78 is 0. The van der Waals surface area contributed by atoms with Crippen LogP contribution in [0.5, 0.6) is 0 Å². The molecule has 0 radical (unpaired) electrons. The average Bonchev–Trinajstić information content (AvgIpc) is 2.53. The number of nitrogens with one attached hydrogen (secondary N) is 1. The molecule has 21 heavy (non-hydrogen) atoms. The molecule has 5 nitrogen and oxygen atoms in total. The van der Waals surface area contributed by atoms with E-state index >= 15 is 0 Å². The lowest BCUT2D eigenvalue weighted by Crippen LogP contribution is -2.25. The molecule has 0 aliphatic carbocycles. The maximum atomic E-state index is 12.2. The number of rotatable bonds is 6. The van der Waals surface area contributed by atoms with E-state index in [0.717, 1.165) is 23.6 Å². The van der Waals surface area contributed by atoms with Gasteiger partial charge in [-0.3, -0.25) is 4.79 Å². The summed E-state index contributed by atoms with van der Waals surface area (Å²) in [5.74, 6) is 0.144. The number of fused-ring (bicyclic) bond motifs is 1. The van der Waals surface area contributed by atoms with Gasteiger partial charge in [0, 0.05) is 18.5 Å². The third kappa shape index (κ3) is 3.95. The van der Waals surface area contributed by atoms with Crippen molar-refractivity contribution < 1.29 is 10.0 Å². The van der Waals surface area contributed by atoms with E-state index in [1.165, 1.54) is 0 Å². The number of amides is 1. The van der Waals surface area contributed by atoms with Crippen LogP contribution in [0.3, 0.4) is 0 Å². The molecule has 5 heteroatoms. The fraction of sp³-hybridized carbons (Fsp3) is 0.250. The molecule has 1 amide bonds. The highest BCUT2D eigenvalue weighted by atomic mass is 16.4. The zero-order chi connectivity index (χ0) is 15.1. The fourth-order valence-corrected chi connectivity index (χ4v) is 2.20. The summed E-state index contributed by atoms with van der Waals surface area (Å²) in [6, 6.07) is 13.5. The standard InChI is InChI=1S/C16H19N3O2/c17-15(19-21)10-3-4-11-18-16(20)14-9-5-7-12-6-1-2-8-13(12)14/h1-2,5-9,21H,3-4,10-11H2,(H2,17,19)(H,18,20). The SMILES string of the molecule is NC(CCCCNC(=O)c1cccc2ccccc12)=NO. The van der Waals surface area contributed by atoms with E-state index in [4.69, 9.17) is 10.9 Å². The second kappa shape index (κ2) is 7.28. The van der Waals surface area contributed by atoms with E-state index in [1.54, 1.807) is 0 Å². The molecular formula is C16H19N3O2. The summed E-state index contributed by atoms with van der Waals surface area (Å²) in [6.45, 7) is 0.570. The summed E-state index contributed by atoms with van der Waals surface area (Å²) in [6.07, 6.45) is 2.08. The molecule has 2 aromatic carbocycles. The molecule has 0 heterocycles. The maximum Gasteiger partial charge on any atom is 0.251 e. The largest absolute Gasteiger partial charge is 0.409 e. The number of hydrogen-bond acceptors (Lipinski definition) is 3. The van der Waals surface area contributed by atoms with Crippen LogP contribution in [0.15, 0.2) is 47.6 Å². The summed E-state index contributed by atoms with van der Waals surface area (Å²) in [5, 5.41) is 16.2. The van der Waals surface area contributed by atoms with Crippen molar-refractivity contribution in [3.8, 4) is 0 Å². The van der Waals surface area contributed by atoms with Crippen molar-refractivity contribution in [2.45, 2.75) is 19.3 Å². The Morgan fingerprint density at radius 1 is 1.14 bits per heavy atom. The van der Waals surface area contributed by atoms with E-state index in [9.17, 15) is 4.79 Å². The Labute approximate surface area is 123 Å². The molecule has 0 atom stereocenters. The number of nitrogens with zero attached hydrogens (tertiary/aromatic N) is 1. The third-order valence-electron chi connectivity index (χ3n) is 3.31. The van der Waals surface area contributed by atoms with Crippen LogP contribution in [0.1, 0.15) is 29.6 Å². The molecule has 0 aromatic heterocycles. The molecule has 0 saturated carbocycles. The van der Waals surface area contributed by atoms with Gasteiger partial charge in [0.1, 0.15) is 5.84 Å². The Bertz CT molecular complexity index is 648. The van der Waals surface area contributed by atoms with Crippen molar-refractivity contribution in [1.29, 1.82) is 0 Å². The quantitative estimate of drug-likeness (QED) is 0.250. The fourth-order valence-electron chi connectivity index (χ4n) is 2.20. The predicted molar refractivity (Wildman–Crippen MR) is 83.5 cm³/mol. The minimum atomic E-state index is -0.0735. The van der Waals surface area contributed by atoms with E-state index in [0.29, 0.717) is 18.5 Å². The highest BCUT2D eigenvalue weighted by Gasteiger charge is 2.08. The zero-order valence-corrected chi connectivity index (χ0v) is 11.7. The van der Waals surface area contributed by atoms with Crippen LogP contribution in [-0.4, -0.2) is 23.5 Å². The van der Waals surface area contributed by atoms with Crippen molar-refractivity contribution in [1.82, 2.24) is 5.32 Å². The Balaban J connectivity index is 1.91. The number of carbonyl (C=O) groups excluding carboxylic acids is 1. The molecule has 0 unspecified atom stereocenters. The molecule has 4 N–H and O–H groups in total. The average molecular weight is 285 g/mol. The van der Waals surface area contributed by atoms with E-state index in [2.05, 4.69) is 10.5 Å². The molecule has 0 fully saturated rings. The van der Waals surface area contributed by atoms with Crippen LogP contribution in [-0.2, 0) is 0 Å². The second-order valence-corrected chi connectivity index (χ2v) is 4.83. The predicted octanol–water partition coefficient (Wildman–Crippen LogP) is 2.49. The first-order chi connectivity index (χ1) is 10.2. The van der Waals surface area contributed by atoms with Crippen molar-refractivity contribution >= 4 is 22.5 Å². The zero-order valence-electron chi connectivity index (χ0n) is 11.7. The number of unbranched alkanes of at least 4 members (excludes halogenated alkanes) is 1. The monoisotopic (exact) mass is 285 g/mol. The summed E-state index contributed by atoms with van der Waals surface area (Å²) >= 11 is 0. The van der Waals surface area contributed by atoms with Gasteiger partial charge in [0.15, 0.2) is 0 Å². The van der Waals surface area contributed by atoms with E-state index in [-0.39, 0.29) is 11.7 Å². The van der Waals surface area contributed by atoms with Gasteiger partial charge >= 0.3 is 0 Å². The Kier molecular flexibility index (Phi) is 5.15. The smallest absolute Gasteiger partial charge is 0.251 e. The molecular weight excluding hydrogens is 266 g/mol. The van der Waals surface area contributed by atoms with Gasteiger partial charge in [-0.1, -0.05) is 41.6 Å². The Morgan fingerprint density at radius 3 is 2.71 bits per heavy atom. The number of nitrogens with two attached hydrogens (primary N) is 1. The topological polar surface area (TPSA) is 87.7 Å². The van der Waals surface area contributed by atoms with Crippen LogP contribution in [0.2, 0.25) is 0 Å². The summed E-state index contributed by atoms with van der Waals surface area (Å²) in [7, 11) is 0. The van der Waals surface area contributed by atoms with Crippen LogP contribution in [0.4, 0.5) is 0 Å². The molecule has 0 spiro atoms. The van der Waals surface area contributed by atoms with Gasteiger partial charge < -0.3 is 16.3 Å². The second-order valence-electron chi connectivity index (χ2n) is 4.83. The number of oxime groups is 1. The minimum absolute atomic E-state index is 0.0735. The van der Waals surface area contributed by atoms with E-state index < -0.39 is 0 Å². The summed E-state index contributed by atoms with van der Waals surface area (Å²) in [4.78, 5) is 12.2. The van der Waals surface area contributed by atoms with Gasteiger partial charge in [0.2, 0.25) is 0 Å². The van der Waals surface area contributed by atoms with Gasteiger partial charge in [-0.05, 0) is 29.7 Å². The van der Waals surface area contributed by atoms with Gasteiger partial charge in [0.05, 0.1) is 0 Å². The lowest BCUT2D eigenvalue weighted by molar-refractivity contribution is 0.0954. The molecule has 0 aliphatic heterocycles. The van der Waals surface area contributed by atoms with Crippen molar-refractivity contribution in [3.05, 3.63) is 48.0 Å². The minimum Gasteiger partial charge on any atom is -0.409 e. The lowest BCUT2D eigenvalue weighted by Gasteiger charge is -2.08. The molecule has 0 saturated heterocycles. The Hall–Kier alpha value is -2.56. The van der Waals surface area contributed by atoms with E-state index in [1.807, 2.05) is 42.5 Å². The molecule has 0 aliphatic rings. The van der Waals surface area contributed by atoms with Crippen LogP contribution in [0, 0.1) is 0 Å². The van der Waals surface area contributed by atoms with Crippen molar-refractivity contribution in [3.63, 3.8) is 0 Å². The molecule has 110 valence electrons. The third-order valence-corrected chi connectivity index (χ3v) is 3.31. The van der Waals surface area contributed by atoms with Gasteiger partial charge in [-0.15, -0.1) is 0 Å². The van der Waals surface area contributed by atoms with Crippen LogP contribution < -0.4 is 11.1 Å². The van der Waals surface area contributed by atoms with Crippen LogP contribution in [0.25, 0.3) is 10.8 Å². The first-order valence-corrected chi connectivity index (χ1v) is 6.94. The highest BCUT2D eigenvalue weighted by molar-refractivity contribution is 6.06. The van der Waals surface area contributed by atoms with Crippen molar-refractivity contribution in [2.24, 2.45) is 10.9 Å². The maximum absolute atomic E-state index is 12.2. The van der Waals surface area contributed by atoms with Crippen LogP contribution >= 0.6 is 0 Å². The number of amidine groups is 1. The number of hydrogen-bond donors (Lipinski definition) is 3.